The molecule has 0 amide bonds. The Morgan fingerprint density at radius 2 is 2.11 bits per heavy atom. The average molecular weight is 315 g/mol. The number of nitrogens with zero attached hydrogens (tertiary/aromatic N) is 1. The van der Waals surface area contributed by atoms with Crippen molar-refractivity contribution in [3.63, 3.8) is 0 Å². The highest BCUT2D eigenvalue weighted by Crippen LogP contribution is 2.29. The highest BCUT2D eigenvalue weighted by Gasteiger charge is 2.14. The minimum Gasteiger partial charge on any atom is -0.306 e. The van der Waals surface area contributed by atoms with Gasteiger partial charge in [0, 0.05) is 17.3 Å². The SMILES string of the molecule is CCc1cc(=O)[nH]c(-c2ccc(F)c(F)c2Br)n1. The number of halogens is 3. The molecule has 6 heteroatoms. The molecule has 1 aromatic carbocycles. The van der Waals surface area contributed by atoms with Crippen LogP contribution in [-0.2, 0) is 6.42 Å². The fraction of sp³-hybridized carbons (Fsp3) is 0.167. The van der Waals surface area contributed by atoms with E-state index in [-0.39, 0.29) is 15.9 Å². The summed E-state index contributed by atoms with van der Waals surface area (Å²) in [4.78, 5) is 18.1. The van der Waals surface area contributed by atoms with Crippen molar-refractivity contribution in [1.29, 1.82) is 0 Å². The number of benzene rings is 1. The number of nitrogens with one attached hydrogen (secondary N) is 1. The first-order chi connectivity index (χ1) is 8.52. The van der Waals surface area contributed by atoms with Crippen LogP contribution in [0.4, 0.5) is 8.78 Å². The smallest absolute Gasteiger partial charge is 0.251 e. The zero-order valence-electron chi connectivity index (χ0n) is 9.43. The van der Waals surface area contributed by atoms with Crippen molar-refractivity contribution >= 4 is 15.9 Å². The number of aromatic nitrogens is 2. The molecule has 0 aliphatic heterocycles. The van der Waals surface area contributed by atoms with Crippen LogP contribution >= 0.6 is 15.9 Å². The van der Waals surface area contributed by atoms with E-state index in [0.717, 1.165) is 6.07 Å². The fourth-order valence-corrected chi connectivity index (χ4v) is 2.03. The van der Waals surface area contributed by atoms with Crippen LogP contribution in [0, 0.1) is 11.6 Å². The summed E-state index contributed by atoms with van der Waals surface area (Å²) in [6, 6.07) is 3.73. The lowest BCUT2D eigenvalue weighted by Gasteiger charge is -2.06. The molecule has 0 aliphatic rings. The van der Waals surface area contributed by atoms with Gasteiger partial charge in [-0.05, 0) is 34.5 Å². The Morgan fingerprint density at radius 3 is 2.78 bits per heavy atom. The maximum absolute atomic E-state index is 13.4. The van der Waals surface area contributed by atoms with Gasteiger partial charge in [0.2, 0.25) is 0 Å². The molecular formula is C12H9BrF2N2O. The molecule has 0 spiro atoms. The number of hydrogen-bond acceptors (Lipinski definition) is 2. The molecule has 2 rings (SSSR count). The number of hydrogen-bond donors (Lipinski definition) is 1. The predicted molar refractivity (Wildman–Crippen MR) is 67.3 cm³/mol. The number of aryl methyl sites for hydroxylation is 1. The van der Waals surface area contributed by atoms with E-state index in [4.69, 9.17) is 0 Å². The topological polar surface area (TPSA) is 45.8 Å². The summed E-state index contributed by atoms with van der Waals surface area (Å²) in [7, 11) is 0. The second-order valence-corrected chi connectivity index (χ2v) is 4.45. The maximum Gasteiger partial charge on any atom is 0.251 e. The number of H-pyrrole nitrogens is 1. The summed E-state index contributed by atoms with van der Waals surface area (Å²) in [5, 5.41) is 0. The third-order valence-electron chi connectivity index (χ3n) is 2.45. The molecule has 1 heterocycles. The van der Waals surface area contributed by atoms with Crippen molar-refractivity contribution in [2.75, 3.05) is 0 Å². The van der Waals surface area contributed by atoms with Crippen molar-refractivity contribution in [3.05, 3.63) is 50.4 Å². The predicted octanol–water partition coefficient (Wildman–Crippen LogP) is 3.04. The van der Waals surface area contributed by atoms with E-state index >= 15 is 0 Å². The van der Waals surface area contributed by atoms with E-state index in [2.05, 4.69) is 25.9 Å². The molecule has 3 nitrogen and oxygen atoms in total. The summed E-state index contributed by atoms with van der Waals surface area (Å²) in [5.74, 6) is -1.75. The lowest BCUT2D eigenvalue weighted by atomic mass is 10.2. The summed E-state index contributed by atoms with van der Waals surface area (Å²) >= 11 is 2.96. The normalized spacial score (nSPS) is 10.7. The quantitative estimate of drug-likeness (QED) is 0.866. The second kappa shape index (κ2) is 4.97. The van der Waals surface area contributed by atoms with Crippen molar-refractivity contribution in [1.82, 2.24) is 9.97 Å². The van der Waals surface area contributed by atoms with Crippen LogP contribution in [0.1, 0.15) is 12.6 Å². The van der Waals surface area contributed by atoms with E-state index in [1.165, 1.54) is 12.1 Å². The lowest BCUT2D eigenvalue weighted by Crippen LogP contribution is -2.10. The Balaban J connectivity index is 2.66. The van der Waals surface area contributed by atoms with Crippen molar-refractivity contribution in [3.8, 4) is 11.4 Å². The van der Waals surface area contributed by atoms with Crippen LogP contribution in [0.25, 0.3) is 11.4 Å². The van der Waals surface area contributed by atoms with Crippen LogP contribution in [0.5, 0.6) is 0 Å². The van der Waals surface area contributed by atoms with Crippen LogP contribution in [0.15, 0.2) is 27.5 Å². The largest absolute Gasteiger partial charge is 0.306 e. The molecule has 0 saturated heterocycles. The summed E-state index contributed by atoms with van der Waals surface area (Å²) in [5.41, 5.74) is 0.570. The standard InChI is InChI=1S/C12H9BrF2N2O/c1-2-6-5-9(18)17-12(16-6)7-3-4-8(14)11(15)10(7)13/h3-5H,2H2,1H3,(H,16,17,18). The third kappa shape index (κ3) is 2.33. The molecule has 0 atom stereocenters. The molecule has 0 aliphatic carbocycles. The molecule has 1 aromatic heterocycles. The average Bonchev–Trinajstić information content (AvgIpc) is 2.35. The van der Waals surface area contributed by atoms with E-state index in [9.17, 15) is 13.6 Å². The van der Waals surface area contributed by atoms with E-state index in [0.29, 0.717) is 17.7 Å². The van der Waals surface area contributed by atoms with Gasteiger partial charge in [-0.3, -0.25) is 4.79 Å². The van der Waals surface area contributed by atoms with Crippen LogP contribution in [0.2, 0.25) is 0 Å². The van der Waals surface area contributed by atoms with Crippen molar-refractivity contribution in [2.45, 2.75) is 13.3 Å². The monoisotopic (exact) mass is 314 g/mol. The van der Waals surface area contributed by atoms with Gasteiger partial charge in [-0.15, -0.1) is 0 Å². The van der Waals surface area contributed by atoms with Gasteiger partial charge in [0.05, 0.1) is 4.47 Å². The van der Waals surface area contributed by atoms with Gasteiger partial charge in [0.1, 0.15) is 5.82 Å². The van der Waals surface area contributed by atoms with Gasteiger partial charge in [-0.1, -0.05) is 6.92 Å². The van der Waals surface area contributed by atoms with Gasteiger partial charge in [-0.2, -0.15) is 0 Å². The summed E-state index contributed by atoms with van der Waals surface area (Å²) < 4.78 is 26.4. The van der Waals surface area contributed by atoms with Crippen LogP contribution in [0.3, 0.4) is 0 Å². The maximum atomic E-state index is 13.4. The van der Waals surface area contributed by atoms with Gasteiger partial charge in [0.15, 0.2) is 11.6 Å². The Labute approximate surface area is 110 Å². The molecule has 18 heavy (non-hydrogen) atoms. The summed E-state index contributed by atoms with van der Waals surface area (Å²) in [6.45, 7) is 1.85. The van der Waals surface area contributed by atoms with Gasteiger partial charge in [0.25, 0.3) is 5.56 Å². The van der Waals surface area contributed by atoms with Crippen LogP contribution < -0.4 is 5.56 Å². The second-order valence-electron chi connectivity index (χ2n) is 3.66. The molecular weight excluding hydrogens is 306 g/mol. The zero-order chi connectivity index (χ0) is 13.3. The Morgan fingerprint density at radius 1 is 1.39 bits per heavy atom. The molecule has 0 saturated carbocycles. The van der Waals surface area contributed by atoms with Crippen LogP contribution in [-0.4, -0.2) is 9.97 Å². The first kappa shape index (κ1) is 12.9. The molecule has 0 radical (unpaired) electrons. The molecule has 1 N–H and O–H groups in total. The zero-order valence-corrected chi connectivity index (χ0v) is 11.0. The fourth-order valence-electron chi connectivity index (χ4n) is 1.53. The van der Waals surface area contributed by atoms with E-state index < -0.39 is 11.6 Å². The van der Waals surface area contributed by atoms with Crippen molar-refractivity contribution < 1.29 is 8.78 Å². The van der Waals surface area contributed by atoms with Crippen molar-refractivity contribution in [2.24, 2.45) is 0 Å². The highest BCUT2D eigenvalue weighted by atomic mass is 79.9. The number of rotatable bonds is 2. The highest BCUT2D eigenvalue weighted by molar-refractivity contribution is 9.10. The Hall–Kier alpha value is -1.56. The molecule has 0 unspecified atom stereocenters. The first-order valence-corrected chi connectivity index (χ1v) is 6.06. The van der Waals surface area contributed by atoms with Gasteiger partial charge in [-0.25, -0.2) is 13.8 Å². The lowest BCUT2D eigenvalue weighted by molar-refractivity contribution is 0.504. The number of aromatic amines is 1. The third-order valence-corrected chi connectivity index (χ3v) is 3.22. The summed E-state index contributed by atoms with van der Waals surface area (Å²) in [6.07, 6.45) is 0.582. The molecule has 94 valence electrons. The van der Waals surface area contributed by atoms with E-state index in [1.807, 2.05) is 6.92 Å². The van der Waals surface area contributed by atoms with Gasteiger partial charge >= 0.3 is 0 Å². The Bertz CT molecular complexity index is 655. The minimum atomic E-state index is -1.00. The van der Waals surface area contributed by atoms with E-state index in [1.54, 1.807) is 0 Å². The first-order valence-electron chi connectivity index (χ1n) is 5.27. The molecule has 0 bridgehead atoms. The molecule has 0 fully saturated rings. The minimum absolute atomic E-state index is 0.0566. The Kier molecular flexibility index (Phi) is 3.56. The van der Waals surface area contributed by atoms with Gasteiger partial charge < -0.3 is 4.98 Å². The molecule has 2 aromatic rings.